The van der Waals surface area contributed by atoms with Gasteiger partial charge in [-0.05, 0) is 43.7 Å². The van der Waals surface area contributed by atoms with E-state index in [9.17, 15) is 9.50 Å². The second kappa shape index (κ2) is 10.6. The second-order valence-electron chi connectivity index (χ2n) is 4.59. The van der Waals surface area contributed by atoms with Gasteiger partial charge in [-0.25, -0.2) is 4.39 Å². The molecule has 2 N–H and O–H groups in total. The molecule has 0 aliphatic heterocycles. The zero-order valence-electron chi connectivity index (χ0n) is 12.0. The van der Waals surface area contributed by atoms with Crippen molar-refractivity contribution in [1.82, 2.24) is 5.32 Å². The first-order chi connectivity index (χ1) is 9.72. The highest BCUT2D eigenvalue weighted by Gasteiger charge is 2.04. The lowest BCUT2D eigenvalue weighted by atomic mass is 10.3. The fourth-order valence-corrected chi connectivity index (χ4v) is 1.60. The molecule has 0 radical (unpaired) electrons. The highest BCUT2D eigenvalue weighted by Crippen LogP contribution is 2.11. The number of hydrogen-bond acceptors (Lipinski definition) is 4. The molecule has 0 saturated carbocycles. The largest absolute Gasteiger partial charge is 0.491 e. The number of hydrogen-bond donors (Lipinski definition) is 2. The van der Waals surface area contributed by atoms with Crippen LogP contribution in [0.5, 0.6) is 5.75 Å². The third-order valence-corrected chi connectivity index (χ3v) is 2.63. The Labute approximate surface area is 119 Å². The van der Waals surface area contributed by atoms with Gasteiger partial charge in [-0.15, -0.1) is 0 Å². The van der Waals surface area contributed by atoms with E-state index in [1.165, 1.54) is 12.1 Å². The maximum atomic E-state index is 12.7. The van der Waals surface area contributed by atoms with Crippen molar-refractivity contribution in [2.45, 2.75) is 25.9 Å². The zero-order valence-corrected chi connectivity index (χ0v) is 12.0. The summed E-state index contributed by atoms with van der Waals surface area (Å²) in [5.74, 6) is 0.253. The van der Waals surface area contributed by atoms with Crippen LogP contribution in [0.1, 0.15) is 19.8 Å². The predicted octanol–water partition coefficient (Wildman–Crippen LogP) is 1.97. The van der Waals surface area contributed by atoms with Gasteiger partial charge in [0.2, 0.25) is 0 Å². The summed E-state index contributed by atoms with van der Waals surface area (Å²) in [6.45, 7) is 5.07. The molecule has 0 saturated heterocycles. The van der Waals surface area contributed by atoms with Gasteiger partial charge >= 0.3 is 0 Å². The van der Waals surface area contributed by atoms with E-state index in [0.717, 1.165) is 32.6 Å². The molecular formula is C15H24FNO3. The van der Waals surface area contributed by atoms with Crippen molar-refractivity contribution in [3.05, 3.63) is 30.1 Å². The van der Waals surface area contributed by atoms with E-state index in [-0.39, 0.29) is 12.4 Å². The molecule has 0 aliphatic carbocycles. The van der Waals surface area contributed by atoms with Gasteiger partial charge in [0.05, 0.1) is 0 Å². The van der Waals surface area contributed by atoms with Crippen molar-refractivity contribution in [3.63, 3.8) is 0 Å². The normalized spacial score (nSPS) is 12.3. The van der Waals surface area contributed by atoms with Crippen molar-refractivity contribution in [2.75, 3.05) is 32.9 Å². The Morgan fingerprint density at radius 2 is 2.00 bits per heavy atom. The van der Waals surface area contributed by atoms with E-state index in [1.54, 1.807) is 12.1 Å². The summed E-state index contributed by atoms with van der Waals surface area (Å²) >= 11 is 0. The van der Waals surface area contributed by atoms with Gasteiger partial charge < -0.3 is 19.9 Å². The first kappa shape index (κ1) is 16.9. The van der Waals surface area contributed by atoms with Gasteiger partial charge in [0.15, 0.2) is 0 Å². The molecule has 1 aromatic rings. The summed E-state index contributed by atoms with van der Waals surface area (Å²) < 4.78 is 23.4. The Balaban J connectivity index is 2.00. The Morgan fingerprint density at radius 3 is 2.70 bits per heavy atom. The maximum Gasteiger partial charge on any atom is 0.123 e. The summed E-state index contributed by atoms with van der Waals surface area (Å²) in [6, 6.07) is 5.74. The van der Waals surface area contributed by atoms with E-state index >= 15 is 0 Å². The molecule has 20 heavy (non-hydrogen) atoms. The number of benzene rings is 1. The fraction of sp³-hybridized carbons (Fsp3) is 0.600. The van der Waals surface area contributed by atoms with E-state index in [4.69, 9.17) is 9.47 Å². The van der Waals surface area contributed by atoms with Crippen LogP contribution in [0.2, 0.25) is 0 Å². The number of ether oxygens (including phenoxy) is 2. The fourth-order valence-electron chi connectivity index (χ4n) is 1.60. The van der Waals surface area contributed by atoms with Crippen molar-refractivity contribution >= 4 is 0 Å². The third kappa shape index (κ3) is 8.09. The molecule has 1 aromatic carbocycles. The molecule has 0 amide bonds. The van der Waals surface area contributed by atoms with Crippen molar-refractivity contribution < 1.29 is 19.0 Å². The summed E-state index contributed by atoms with van der Waals surface area (Å²) in [6.07, 6.45) is 1.37. The lowest BCUT2D eigenvalue weighted by Gasteiger charge is -2.13. The smallest absolute Gasteiger partial charge is 0.123 e. The lowest BCUT2D eigenvalue weighted by molar-refractivity contribution is 0.103. The van der Waals surface area contributed by atoms with Gasteiger partial charge in [-0.1, -0.05) is 6.92 Å². The average Bonchev–Trinajstić information content (AvgIpc) is 2.46. The van der Waals surface area contributed by atoms with Crippen LogP contribution in [0, 0.1) is 5.82 Å². The molecule has 4 nitrogen and oxygen atoms in total. The van der Waals surface area contributed by atoms with Gasteiger partial charge in [0, 0.05) is 19.8 Å². The predicted molar refractivity (Wildman–Crippen MR) is 76.5 cm³/mol. The van der Waals surface area contributed by atoms with Crippen LogP contribution in [-0.2, 0) is 4.74 Å². The molecule has 1 unspecified atom stereocenters. The number of nitrogens with one attached hydrogen (secondary N) is 1. The molecule has 114 valence electrons. The van der Waals surface area contributed by atoms with E-state index in [2.05, 4.69) is 12.2 Å². The molecule has 0 heterocycles. The van der Waals surface area contributed by atoms with E-state index in [0.29, 0.717) is 12.3 Å². The Kier molecular flexibility index (Phi) is 8.95. The molecule has 0 aliphatic rings. The number of rotatable bonds is 11. The van der Waals surface area contributed by atoms with E-state index in [1.807, 2.05) is 0 Å². The van der Waals surface area contributed by atoms with Gasteiger partial charge in [-0.2, -0.15) is 0 Å². The molecule has 1 atom stereocenters. The average molecular weight is 285 g/mol. The standard InChI is InChI=1S/C15H24FNO3/c1-2-9-19-10-3-8-17-11-14(18)12-20-15-6-4-13(16)5-7-15/h4-7,14,17-18H,2-3,8-12H2,1H3. The van der Waals surface area contributed by atoms with Crippen molar-refractivity contribution in [3.8, 4) is 5.75 Å². The Morgan fingerprint density at radius 1 is 1.25 bits per heavy atom. The molecule has 5 heteroatoms. The van der Waals surface area contributed by atoms with E-state index < -0.39 is 6.10 Å². The van der Waals surface area contributed by atoms with Crippen LogP contribution < -0.4 is 10.1 Å². The van der Waals surface area contributed by atoms with Gasteiger partial charge in [-0.3, -0.25) is 0 Å². The Hall–Kier alpha value is -1.17. The van der Waals surface area contributed by atoms with Crippen LogP contribution >= 0.6 is 0 Å². The lowest BCUT2D eigenvalue weighted by Crippen LogP contribution is -2.32. The SMILES string of the molecule is CCCOCCCNCC(O)COc1ccc(F)cc1. The number of halogens is 1. The molecular weight excluding hydrogens is 261 g/mol. The summed E-state index contributed by atoms with van der Waals surface area (Å²) in [5.41, 5.74) is 0. The van der Waals surface area contributed by atoms with Crippen molar-refractivity contribution in [2.24, 2.45) is 0 Å². The van der Waals surface area contributed by atoms with Crippen LogP contribution in [0.15, 0.2) is 24.3 Å². The minimum Gasteiger partial charge on any atom is -0.491 e. The van der Waals surface area contributed by atoms with Crippen LogP contribution in [0.25, 0.3) is 0 Å². The molecule has 0 spiro atoms. The van der Waals surface area contributed by atoms with Crippen LogP contribution in [0.4, 0.5) is 4.39 Å². The van der Waals surface area contributed by atoms with Gasteiger partial charge in [0.1, 0.15) is 24.3 Å². The highest BCUT2D eigenvalue weighted by atomic mass is 19.1. The van der Waals surface area contributed by atoms with Crippen molar-refractivity contribution in [1.29, 1.82) is 0 Å². The van der Waals surface area contributed by atoms with Crippen LogP contribution in [0.3, 0.4) is 0 Å². The summed E-state index contributed by atoms with van der Waals surface area (Å²) in [5, 5.41) is 12.9. The monoisotopic (exact) mass is 285 g/mol. The minimum atomic E-state index is -0.586. The molecule has 1 rings (SSSR count). The Bertz CT molecular complexity index is 345. The number of aliphatic hydroxyl groups excluding tert-OH is 1. The quantitative estimate of drug-likeness (QED) is 0.610. The minimum absolute atomic E-state index is 0.185. The molecule has 0 aromatic heterocycles. The highest BCUT2D eigenvalue weighted by molar-refractivity contribution is 5.22. The first-order valence-electron chi connectivity index (χ1n) is 7.07. The maximum absolute atomic E-state index is 12.7. The third-order valence-electron chi connectivity index (χ3n) is 2.63. The van der Waals surface area contributed by atoms with Crippen LogP contribution in [-0.4, -0.2) is 44.1 Å². The zero-order chi connectivity index (χ0) is 14.6. The topological polar surface area (TPSA) is 50.7 Å². The second-order valence-corrected chi connectivity index (χ2v) is 4.59. The molecule has 0 fully saturated rings. The number of aliphatic hydroxyl groups is 1. The van der Waals surface area contributed by atoms with Gasteiger partial charge in [0.25, 0.3) is 0 Å². The summed E-state index contributed by atoms with van der Waals surface area (Å²) in [7, 11) is 0. The molecule has 0 bridgehead atoms. The first-order valence-corrected chi connectivity index (χ1v) is 7.07. The summed E-state index contributed by atoms with van der Waals surface area (Å²) in [4.78, 5) is 0.